The van der Waals surface area contributed by atoms with Gasteiger partial charge < -0.3 is 15.3 Å². The second-order valence-corrected chi connectivity index (χ2v) is 8.33. The summed E-state index contributed by atoms with van der Waals surface area (Å²) >= 11 is 0. The molecule has 3 heteroatoms. The van der Waals surface area contributed by atoms with Gasteiger partial charge in [-0.3, -0.25) is 0 Å². The molecule has 0 aromatic heterocycles. The van der Waals surface area contributed by atoms with E-state index in [0.717, 1.165) is 30.4 Å². The van der Waals surface area contributed by atoms with Crippen LogP contribution in [0.15, 0.2) is 18.2 Å². The number of aryl methyl sites for hydroxylation is 1. The molecule has 0 unspecified atom stereocenters. The predicted octanol–water partition coefficient (Wildman–Crippen LogP) is 3.35. The molecule has 0 aliphatic heterocycles. The molecule has 3 aliphatic rings. The van der Waals surface area contributed by atoms with Crippen molar-refractivity contribution in [1.82, 2.24) is 0 Å². The van der Waals surface area contributed by atoms with Crippen LogP contribution < -0.4 is 0 Å². The molecule has 3 nitrogen and oxygen atoms in total. The number of benzene rings is 1. The fraction of sp³-hybridized carbons (Fsp3) is 0.700. The lowest BCUT2D eigenvalue weighted by atomic mass is 9.51. The molecule has 23 heavy (non-hydrogen) atoms. The first kappa shape index (κ1) is 15.5. The van der Waals surface area contributed by atoms with Gasteiger partial charge in [-0.25, -0.2) is 0 Å². The highest BCUT2D eigenvalue weighted by atomic mass is 16.3. The third-order valence-corrected chi connectivity index (χ3v) is 7.54. The van der Waals surface area contributed by atoms with Crippen molar-refractivity contribution in [2.75, 3.05) is 0 Å². The van der Waals surface area contributed by atoms with Crippen LogP contribution in [-0.4, -0.2) is 21.4 Å². The van der Waals surface area contributed by atoms with E-state index in [-0.39, 0.29) is 17.1 Å². The van der Waals surface area contributed by atoms with Crippen molar-refractivity contribution in [2.24, 2.45) is 23.2 Å². The van der Waals surface area contributed by atoms with Crippen LogP contribution in [0.1, 0.15) is 57.1 Å². The van der Waals surface area contributed by atoms with Gasteiger partial charge >= 0.3 is 0 Å². The molecule has 0 radical (unpaired) electrons. The number of phenols is 1. The van der Waals surface area contributed by atoms with Gasteiger partial charge in [0.05, 0.1) is 6.10 Å². The van der Waals surface area contributed by atoms with Gasteiger partial charge in [0.2, 0.25) is 0 Å². The zero-order chi connectivity index (χ0) is 16.4. The van der Waals surface area contributed by atoms with E-state index in [2.05, 4.69) is 13.8 Å². The van der Waals surface area contributed by atoms with E-state index in [0.29, 0.717) is 18.3 Å². The van der Waals surface area contributed by atoms with Crippen molar-refractivity contribution in [1.29, 1.82) is 0 Å². The van der Waals surface area contributed by atoms with Gasteiger partial charge in [-0.15, -0.1) is 0 Å². The second kappa shape index (κ2) is 4.97. The third-order valence-electron chi connectivity index (χ3n) is 7.54. The lowest BCUT2D eigenvalue weighted by molar-refractivity contribution is -0.203. The molecule has 0 spiro atoms. The van der Waals surface area contributed by atoms with Crippen molar-refractivity contribution < 1.29 is 15.3 Å². The molecule has 0 amide bonds. The fourth-order valence-electron chi connectivity index (χ4n) is 6.41. The van der Waals surface area contributed by atoms with E-state index in [1.807, 2.05) is 6.07 Å². The third kappa shape index (κ3) is 1.90. The summed E-state index contributed by atoms with van der Waals surface area (Å²) < 4.78 is 0. The van der Waals surface area contributed by atoms with E-state index >= 15 is 0 Å². The minimum Gasteiger partial charge on any atom is -0.508 e. The first-order chi connectivity index (χ1) is 10.9. The number of phenolic OH excluding ortho intramolecular Hbond substituents is 1. The molecule has 3 N–H and O–H groups in total. The molecule has 1 aromatic rings. The summed E-state index contributed by atoms with van der Waals surface area (Å²) in [5.74, 6) is 1.52. The number of fused-ring (bicyclic) bond motifs is 5. The van der Waals surface area contributed by atoms with Crippen LogP contribution in [0.25, 0.3) is 0 Å². The van der Waals surface area contributed by atoms with Gasteiger partial charge in [-0.05, 0) is 78.5 Å². The number of hydrogen-bond donors (Lipinski definition) is 3. The Morgan fingerprint density at radius 1 is 1.17 bits per heavy atom. The number of aliphatic hydroxyl groups excluding tert-OH is 1. The van der Waals surface area contributed by atoms with E-state index in [1.54, 1.807) is 12.1 Å². The van der Waals surface area contributed by atoms with Crippen LogP contribution in [0.4, 0.5) is 0 Å². The Hall–Kier alpha value is -1.06. The first-order valence-electron chi connectivity index (χ1n) is 9.14. The van der Waals surface area contributed by atoms with E-state index < -0.39 is 11.7 Å². The van der Waals surface area contributed by atoms with Gasteiger partial charge in [-0.1, -0.05) is 26.3 Å². The Labute approximate surface area is 138 Å². The Morgan fingerprint density at radius 3 is 2.70 bits per heavy atom. The van der Waals surface area contributed by atoms with Crippen molar-refractivity contribution in [3.05, 3.63) is 29.3 Å². The molecular formula is C20H28O3. The smallest absolute Gasteiger partial charge is 0.119 e. The summed E-state index contributed by atoms with van der Waals surface area (Å²) in [6, 6.07) is 5.23. The summed E-state index contributed by atoms with van der Waals surface area (Å²) in [6.07, 6.45) is 5.30. The lowest BCUT2D eigenvalue weighted by Gasteiger charge is -2.57. The number of hydrogen-bond acceptors (Lipinski definition) is 3. The highest BCUT2D eigenvalue weighted by molar-refractivity contribution is 5.42. The normalized spacial score (nSPS) is 45.2. The van der Waals surface area contributed by atoms with Gasteiger partial charge in [0.1, 0.15) is 11.4 Å². The van der Waals surface area contributed by atoms with Crippen molar-refractivity contribution in [3.63, 3.8) is 0 Å². The van der Waals surface area contributed by atoms with Gasteiger partial charge in [0.15, 0.2) is 0 Å². The van der Waals surface area contributed by atoms with E-state index in [1.165, 1.54) is 12.8 Å². The van der Waals surface area contributed by atoms with Crippen LogP contribution in [0.5, 0.6) is 5.75 Å². The molecular weight excluding hydrogens is 288 g/mol. The van der Waals surface area contributed by atoms with Crippen LogP contribution in [0.3, 0.4) is 0 Å². The molecule has 2 saturated carbocycles. The summed E-state index contributed by atoms with van der Waals surface area (Å²) in [5.41, 5.74) is 0.852. The maximum Gasteiger partial charge on any atom is 0.119 e. The number of aromatic hydroxyl groups is 1. The molecule has 126 valence electrons. The molecule has 0 saturated heterocycles. The largest absolute Gasteiger partial charge is 0.508 e. The molecule has 0 bridgehead atoms. The van der Waals surface area contributed by atoms with E-state index in [4.69, 9.17) is 0 Å². The van der Waals surface area contributed by atoms with Crippen LogP contribution in [0, 0.1) is 23.2 Å². The molecule has 3 aliphatic carbocycles. The van der Waals surface area contributed by atoms with Gasteiger partial charge in [-0.2, -0.15) is 0 Å². The van der Waals surface area contributed by atoms with Crippen LogP contribution in [-0.2, 0) is 12.0 Å². The summed E-state index contributed by atoms with van der Waals surface area (Å²) in [7, 11) is 0. The zero-order valence-electron chi connectivity index (χ0n) is 14.1. The van der Waals surface area contributed by atoms with Crippen molar-refractivity contribution in [2.45, 2.75) is 64.1 Å². The number of rotatable bonds is 1. The minimum atomic E-state index is -1.14. The van der Waals surface area contributed by atoms with Crippen molar-refractivity contribution >= 4 is 0 Å². The van der Waals surface area contributed by atoms with Crippen LogP contribution >= 0.6 is 0 Å². The summed E-state index contributed by atoms with van der Waals surface area (Å²) in [5, 5.41) is 32.3. The van der Waals surface area contributed by atoms with Gasteiger partial charge in [0.25, 0.3) is 0 Å². The molecule has 1 aromatic carbocycles. The second-order valence-electron chi connectivity index (χ2n) is 8.33. The SMILES string of the molecule is CC[C@H]1CC[C@H]2[C@@H]3CCc4cc(O)ccc4[C@@]3(O)[C@@H](O)C[C@]12C. The average Bonchev–Trinajstić information content (AvgIpc) is 2.83. The first-order valence-corrected chi connectivity index (χ1v) is 9.14. The Balaban J connectivity index is 1.81. The quantitative estimate of drug-likeness (QED) is 0.744. The molecule has 6 atom stereocenters. The average molecular weight is 316 g/mol. The minimum absolute atomic E-state index is 0.129. The molecule has 0 heterocycles. The lowest BCUT2D eigenvalue weighted by Crippen LogP contribution is -2.59. The van der Waals surface area contributed by atoms with E-state index in [9.17, 15) is 15.3 Å². The topological polar surface area (TPSA) is 60.7 Å². The standard InChI is InChI=1S/C20H28O3/c1-3-13-5-8-16-17-7-4-12-10-14(21)6-9-15(12)20(17,23)18(22)11-19(13,16)2/h6,9-10,13,16-18,21-23H,3-5,7-8,11H2,1-2H3/t13-,16-,17-,18-,19+,20-/m0/s1. The highest BCUT2D eigenvalue weighted by Crippen LogP contribution is 2.64. The maximum atomic E-state index is 11.6. The Bertz CT molecular complexity index is 627. The summed E-state index contributed by atoms with van der Waals surface area (Å²) in [4.78, 5) is 0. The highest BCUT2D eigenvalue weighted by Gasteiger charge is 2.63. The van der Waals surface area contributed by atoms with Crippen molar-refractivity contribution in [3.8, 4) is 5.75 Å². The van der Waals surface area contributed by atoms with Gasteiger partial charge in [0, 0.05) is 0 Å². The summed E-state index contributed by atoms with van der Waals surface area (Å²) in [6.45, 7) is 4.60. The monoisotopic (exact) mass is 316 g/mol. The predicted molar refractivity (Wildman–Crippen MR) is 89.1 cm³/mol. The Morgan fingerprint density at radius 2 is 1.96 bits per heavy atom. The van der Waals surface area contributed by atoms with Crippen LogP contribution in [0.2, 0.25) is 0 Å². The number of aliphatic hydroxyl groups is 2. The molecule has 4 rings (SSSR count). The zero-order valence-corrected chi connectivity index (χ0v) is 14.1. The fourth-order valence-corrected chi connectivity index (χ4v) is 6.41. The Kier molecular flexibility index (Phi) is 3.34. The maximum absolute atomic E-state index is 11.6. The molecule has 2 fully saturated rings.